The van der Waals surface area contributed by atoms with Gasteiger partial charge in [-0.15, -0.1) is 10.2 Å². The van der Waals surface area contributed by atoms with Gasteiger partial charge in [0.05, 0.1) is 13.2 Å². The Morgan fingerprint density at radius 2 is 2.04 bits per heavy atom. The Bertz CT molecular complexity index is 692. The fourth-order valence-electron chi connectivity index (χ4n) is 3.40. The number of hydrogen-bond acceptors (Lipinski definition) is 5. The number of likely N-dealkylation sites (tertiary alicyclic amines) is 1. The molecule has 2 aliphatic heterocycles. The first-order chi connectivity index (χ1) is 11.2. The molecule has 1 aromatic heterocycles. The SMILES string of the molecule is O=C1CC[C@]2(CCOC2)CN1Cc1nnc(-c2ccccc2)o1. The number of amides is 1. The molecule has 6 nitrogen and oxygen atoms in total. The van der Waals surface area contributed by atoms with Gasteiger partial charge in [0.25, 0.3) is 0 Å². The molecule has 0 bridgehead atoms. The Morgan fingerprint density at radius 1 is 1.17 bits per heavy atom. The first kappa shape index (κ1) is 14.4. The van der Waals surface area contributed by atoms with Crippen LogP contribution in [0.2, 0.25) is 0 Å². The molecule has 0 unspecified atom stereocenters. The quantitative estimate of drug-likeness (QED) is 0.869. The fourth-order valence-corrected chi connectivity index (χ4v) is 3.40. The maximum absolute atomic E-state index is 12.2. The van der Waals surface area contributed by atoms with Crippen LogP contribution < -0.4 is 0 Å². The van der Waals surface area contributed by atoms with Gasteiger partial charge in [-0.1, -0.05) is 18.2 Å². The van der Waals surface area contributed by atoms with E-state index in [0.717, 1.165) is 38.2 Å². The Morgan fingerprint density at radius 3 is 2.83 bits per heavy atom. The first-order valence-corrected chi connectivity index (χ1v) is 7.98. The molecule has 2 saturated heterocycles. The summed E-state index contributed by atoms with van der Waals surface area (Å²) < 4.78 is 11.3. The molecule has 2 aromatic rings. The minimum atomic E-state index is 0.121. The average molecular weight is 313 g/mol. The summed E-state index contributed by atoms with van der Waals surface area (Å²) in [5, 5.41) is 8.18. The molecule has 2 aliphatic rings. The highest BCUT2D eigenvalue weighted by Gasteiger charge is 2.41. The van der Waals surface area contributed by atoms with Crippen molar-refractivity contribution < 1.29 is 13.9 Å². The van der Waals surface area contributed by atoms with E-state index >= 15 is 0 Å². The molecule has 120 valence electrons. The maximum Gasteiger partial charge on any atom is 0.247 e. The minimum Gasteiger partial charge on any atom is -0.419 e. The molecule has 0 N–H and O–H groups in total. The number of carbonyl (C=O) groups excluding carboxylic acids is 1. The van der Waals surface area contributed by atoms with E-state index in [1.54, 1.807) is 0 Å². The van der Waals surface area contributed by atoms with Crippen molar-refractivity contribution in [3.63, 3.8) is 0 Å². The van der Waals surface area contributed by atoms with Crippen LogP contribution in [0.15, 0.2) is 34.7 Å². The van der Waals surface area contributed by atoms with E-state index in [1.165, 1.54) is 0 Å². The number of rotatable bonds is 3. The highest BCUT2D eigenvalue weighted by molar-refractivity contribution is 5.77. The summed E-state index contributed by atoms with van der Waals surface area (Å²) in [7, 11) is 0. The number of piperidine rings is 1. The molecule has 1 atom stereocenters. The van der Waals surface area contributed by atoms with Gasteiger partial charge >= 0.3 is 0 Å². The molecular weight excluding hydrogens is 294 g/mol. The zero-order valence-electron chi connectivity index (χ0n) is 12.9. The standard InChI is InChI=1S/C17H19N3O3/c21-15-6-7-17(8-9-22-12-17)11-20(15)10-14-18-19-16(23-14)13-4-2-1-3-5-13/h1-5H,6-12H2/t17-/m0/s1. The summed E-state index contributed by atoms with van der Waals surface area (Å²) in [6.07, 6.45) is 2.51. The van der Waals surface area contributed by atoms with Crippen molar-refractivity contribution in [2.24, 2.45) is 5.41 Å². The molecule has 23 heavy (non-hydrogen) atoms. The third-order valence-electron chi connectivity index (χ3n) is 4.75. The number of nitrogens with zero attached hydrogens (tertiary/aromatic N) is 3. The second kappa shape index (κ2) is 5.77. The Hall–Kier alpha value is -2.21. The van der Waals surface area contributed by atoms with Crippen molar-refractivity contribution in [2.75, 3.05) is 19.8 Å². The van der Waals surface area contributed by atoms with Crippen LogP contribution in [0.4, 0.5) is 0 Å². The van der Waals surface area contributed by atoms with Gasteiger partial charge in [-0.25, -0.2) is 0 Å². The van der Waals surface area contributed by atoms with Crippen LogP contribution in [-0.4, -0.2) is 40.8 Å². The Labute approximate surface area is 134 Å². The van der Waals surface area contributed by atoms with Gasteiger partial charge in [-0.05, 0) is 25.0 Å². The van der Waals surface area contributed by atoms with Crippen LogP contribution in [0.3, 0.4) is 0 Å². The lowest BCUT2D eigenvalue weighted by atomic mass is 9.79. The molecule has 2 fully saturated rings. The van der Waals surface area contributed by atoms with E-state index in [4.69, 9.17) is 9.15 Å². The third kappa shape index (κ3) is 2.86. The van der Waals surface area contributed by atoms with E-state index in [9.17, 15) is 4.79 Å². The smallest absolute Gasteiger partial charge is 0.247 e. The van der Waals surface area contributed by atoms with Crippen LogP contribution >= 0.6 is 0 Å². The summed E-state index contributed by atoms with van der Waals surface area (Å²) in [6, 6.07) is 9.65. The van der Waals surface area contributed by atoms with E-state index in [2.05, 4.69) is 10.2 Å². The van der Waals surface area contributed by atoms with Crippen molar-refractivity contribution in [1.29, 1.82) is 0 Å². The fraction of sp³-hybridized carbons (Fsp3) is 0.471. The lowest BCUT2D eigenvalue weighted by Crippen LogP contribution is -2.46. The zero-order chi connectivity index (χ0) is 15.7. The summed E-state index contributed by atoms with van der Waals surface area (Å²) in [6.45, 7) is 2.63. The van der Waals surface area contributed by atoms with E-state index < -0.39 is 0 Å². The maximum atomic E-state index is 12.2. The molecule has 1 aromatic carbocycles. The van der Waals surface area contributed by atoms with Crippen molar-refractivity contribution in [3.8, 4) is 11.5 Å². The van der Waals surface area contributed by atoms with Crippen LogP contribution in [0.1, 0.15) is 25.2 Å². The predicted octanol–water partition coefficient (Wildman–Crippen LogP) is 2.27. The van der Waals surface area contributed by atoms with Crippen molar-refractivity contribution >= 4 is 5.91 Å². The minimum absolute atomic E-state index is 0.121. The van der Waals surface area contributed by atoms with Crippen LogP contribution in [-0.2, 0) is 16.1 Å². The summed E-state index contributed by atoms with van der Waals surface area (Å²) in [5.74, 6) is 1.12. The molecule has 0 aliphatic carbocycles. The average Bonchev–Trinajstić information content (AvgIpc) is 3.22. The number of carbonyl (C=O) groups is 1. The van der Waals surface area contributed by atoms with Gasteiger partial charge < -0.3 is 14.1 Å². The molecule has 3 heterocycles. The predicted molar refractivity (Wildman–Crippen MR) is 82.3 cm³/mol. The highest BCUT2D eigenvalue weighted by atomic mass is 16.5. The topological polar surface area (TPSA) is 68.5 Å². The lowest BCUT2D eigenvalue weighted by molar-refractivity contribution is -0.138. The number of ether oxygens (including phenoxy) is 1. The summed E-state index contributed by atoms with van der Waals surface area (Å²) in [4.78, 5) is 14.0. The number of aromatic nitrogens is 2. The van der Waals surface area contributed by atoms with Gasteiger partial charge in [0.1, 0.15) is 0 Å². The third-order valence-corrected chi connectivity index (χ3v) is 4.75. The molecule has 1 amide bonds. The van der Waals surface area contributed by atoms with E-state index in [-0.39, 0.29) is 11.3 Å². The number of hydrogen-bond donors (Lipinski definition) is 0. The first-order valence-electron chi connectivity index (χ1n) is 7.98. The molecular formula is C17H19N3O3. The van der Waals surface area contributed by atoms with Gasteiger partial charge in [-0.2, -0.15) is 0 Å². The van der Waals surface area contributed by atoms with Crippen LogP contribution in [0.5, 0.6) is 0 Å². The lowest BCUT2D eigenvalue weighted by Gasteiger charge is -2.38. The van der Waals surface area contributed by atoms with Crippen LogP contribution in [0, 0.1) is 5.41 Å². The molecule has 4 rings (SSSR count). The second-order valence-corrected chi connectivity index (χ2v) is 6.42. The summed E-state index contributed by atoms with van der Waals surface area (Å²) in [5.41, 5.74) is 1.01. The van der Waals surface area contributed by atoms with Crippen molar-refractivity contribution in [1.82, 2.24) is 15.1 Å². The van der Waals surface area contributed by atoms with Gasteiger partial charge in [-0.3, -0.25) is 4.79 Å². The van der Waals surface area contributed by atoms with Crippen molar-refractivity contribution in [3.05, 3.63) is 36.2 Å². The second-order valence-electron chi connectivity index (χ2n) is 6.42. The van der Waals surface area contributed by atoms with E-state index in [0.29, 0.717) is 24.7 Å². The van der Waals surface area contributed by atoms with Crippen molar-refractivity contribution in [2.45, 2.75) is 25.8 Å². The largest absolute Gasteiger partial charge is 0.419 e. The zero-order valence-corrected chi connectivity index (χ0v) is 12.9. The van der Waals surface area contributed by atoms with Gasteiger partial charge in [0.2, 0.25) is 17.7 Å². The number of benzene rings is 1. The molecule has 0 radical (unpaired) electrons. The summed E-state index contributed by atoms with van der Waals surface area (Å²) >= 11 is 0. The van der Waals surface area contributed by atoms with Gasteiger partial charge in [0, 0.05) is 30.6 Å². The Kier molecular flexibility index (Phi) is 3.61. The molecule has 6 heteroatoms. The Balaban J connectivity index is 1.49. The molecule has 1 spiro atoms. The van der Waals surface area contributed by atoms with Crippen LogP contribution in [0.25, 0.3) is 11.5 Å². The highest BCUT2D eigenvalue weighted by Crippen LogP contribution is 2.38. The molecule has 0 saturated carbocycles. The monoisotopic (exact) mass is 313 g/mol. The van der Waals surface area contributed by atoms with Gasteiger partial charge in [0.15, 0.2) is 0 Å². The van der Waals surface area contributed by atoms with E-state index in [1.807, 2.05) is 35.2 Å². The normalized spacial score (nSPS) is 24.5.